The largest absolute Gasteiger partial charge is 0.432 e. The zero-order valence-electron chi connectivity index (χ0n) is 9.95. The van der Waals surface area contributed by atoms with Gasteiger partial charge in [-0.2, -0.15) is 4.98 Å². The van der Waals surface area contributed by atoms with Crippen LogP contribution in [0, 0.1) is 6.92 Å². The number of rotatable bonds is 3. The van der Waals surface area contributed by atoms with E-state index in [9.17, 15) is 4.79 Å². The number of aromatic nitrogens is 1. The summed E-state index contributed by atoms with van der Waals surface area (Å²) in [6, 6.07) is 5.19. The fraction of sp³-hybridized carbons (Fsp3) is 0.167. The number of carbonyl (C=O) groups is 1. The SMILES string of the molecule is CNc1ccc(Cl)cc1C(=O)Nc1nc(C)co1. The highest BCUT2D eigenvalue weighted by molar-refractivity contribution is 6.31. The van der Waals surface area contributed by atoms with Gasteiger partial charge in [-0.3, -0.25) is 10.1 Å². The number of anilines is 2. The Bertz CT molecular complexity index is 580. The van der Waals surface area contributed by atoms with Crippen molar-refractivity contribution >= 4 is 29.2 Å². The molecule has 94 valence electrons. The molecule has 1 heterocycles. The van der Waals surface area contributed by atoms with Gasteiger partial charge in [0, 0.05) is 17.8 Å². The molecule has 0 fully saturated rings. The third-order valence-electron chi connectivity index (χ3n) is 2.34. The first kappa shape index (κ1) is 12.4. The summed E-state index contributed by atoms with van der Waals surface area (Å²) in [5, 5.41) is 5.98. The van der Waals surface area contributed by atoms with Crippen LogP contribution in [0.3, 0.4) is 0 Å². The first-order chi connectivity index (χ1) is 8.60. The van der Waals surface area contributed by atoms with Crippen molar-refractivity contribution in [2.24, 2.45) is 0 Å². The summed E-state index contributed by atoms with van der Waals surface area (Å²) in [5.74, 6) is -0.330. The summed E-state index contributed by atoms with van der Waals surface area (Å²) in [6.07, 6.45) is 1.46. The highest BCUT2D eigenvalue weighted by Gasteiger charge is 2.13. The molecule has 0 radical (unpaired) electrons. The quantitative estimate of drug-likeness (QED) is 0.895. The van der Waals surface area contributed by atoms with Crippen molar-refractivity contribution in [3.05, 3.63) is 40.7 Å². The van der Waals surface area contributed by atoms with Crippen LogP contribution in [0.15, 0.2) is 28.9 Å². The molecule has 2 N–H and O–H groups in total. The average Bonchev–Trinajstić information content (AvgIpc) is 2.74. The van der Waals surface area contributed by atoms with Crippen LogP contribution in [0.5, 0.6) is 0 Å². The fourth-order valence-corrected chi connectivity index (χ4v) is 1.67. The lowest BCUT2D eigenvalue weighted by molar-refractivity contribution is 0.102. The summed E-state index contributed by atoms with van der Waals surface area (Å²) in [6.45, 7) is 1.78. The molecule has 0 unspecified atom stereocenters. The predicted octanol–water partition coefficient (Wildman–Crippen LogP) is 2.93. The molecule has 2 aromatic rings. The molecule has 0 aliphatic rings. The maximum atomic E-state index is 12.0. The zero-order chi connectivity index (χ0) is 13.1. The minimum atomic E-state index is -0.330. The van der Waals surface area contributed by atoms with Gasteiger partial charge in [-0.05, 0) is 25.1 Å². The van der Waals surface area contributed by atoms with E-state index >= 15 is 0 Å². The van der Waals surface area contributed by atoms with E-state index in [0.717, 1.165) is 0 Å². The van der Waals surface area contributed by atoms with Crippen molar-refractivity contribution in [2.45, 2.75) is 6.92 Å². The van der Waals surface area contributed by atoms with Crippen LogP contribution in [0.4, 0.5) is 11.7 Å². The van der Waals surface area contributed by atoms with Gasteiger partial charge in [-0.1, -0.05) is 11.6 Å². The van der Waals surface area contributed by atoms with E-state index in [1.54, 1.807) is 32.2 Å². The molecule has 0 saturated heterocycles. The van der Waals surface area contributed by atoms with Crippen LogP contribution >= 0.6 is 11.6 Å². The second-order valence-electron chi connectivity index (χ2n) is 3.69. The number of hydrogen-bond acceptors (Lipinski definition) is 4. The third-order valence-corrected chi connectivity index (χ3v) is 2.57. The summed E-state index contributed by atoms with van der Waals surface area (Å²) in [7, 11) is 1.73. The Labute approximate surface area is 109 Å². The standard InChI is InChI=1S/C12H12ClN3O2/c1-7-6-18-12(15-7)16-11(17)9-5-8(13)3-4-10(9)14-2/h3-6,14H,1-2H3,(H,15,16,17). The lowest BCUT2D eigenvalue weighted by atomic mass is 10.1. The van der Waals surface area contributed by atoms with Crippen molar-refractivity contribution in [2.75, 3.05) is 17.7 Å². The molecule has 1 aromatic carbocycles. The Morgan fingerprint density at radius 3 is 2.83 bits per heavy atom. The second kappa shape index (κ2) is 5.10. The van der Waals surface area contributed by atoms with Gasteiger partial charge in [0.05, 0.1) is 11.3 Å². The van der Waals surface area contributed by atoms with Crippen molar-refractivity contribution in [1.82, 2.24) is 4.98 Å². The number of oxazole rings is 1. The molecule has 0 bridgehead atoms. The Hall–Kier alpha value is -2.01. The van der Waals surface area contributed by atoms with Gasteiger partial charge in [0.15, 0.2) is 0 Å². The average molecular weight is 266 g/mol. The van der Waals surface area contributed by atoms with Gasteiger partial charge in [0.2, 0.25) is 0 Å². The normalized spacial score (nSPS) is 10.2. The highest BCUT2D eigenvalue weighted by atomic mass is 35.5. The first-order valence-corrected chi connectivity index (χ1v) is 5.68. The number of nitrogens with zero attached hydrogens (tertiary/aromatic N) is 1. The van der Waals surface area contributed by atoms with Crippen LogP contribution in [0.2, 0.25) is 5.02 Å². The maximum absolute atomic E-state index is 12.0. The molecule has 1 aromatic heterocycles. The number of nitrogens with one attached hydrogen (secondary N) is 2. The highest BCUT2D eigenvalue weighted by Crippen LogP contribution is 2.21. The number of halogens is 1. The van der Waals surface area contributed by atoms with Gasteiger partial charge < -0.3 is 9.73 Å². The van der Waals surface area contributed by atoms with Gasteiger partial charge >= 0.3 is 6.01 Å². The molecule has 18 heavy (non-hydrogen) atoms. The molecule has 0 aliphatic carbocycles. The van der Waals surface area contributed by atoms with Crippen LogP contribution in [0.1, 0.15) is 16.1 Å². The van der Waals surface area contributed by atoms with Crippen LogP contribution < -0.4 is 10.6 Å². The third kappa shape index (κ3) is 2.62. The van der Waals surface area contributed by atoms with E-state index in [2.05, 4.69) is 15.6 Å². The number of hydrogen-bond donors (Lipinski definition) is 2. The summed E-state index contributed by atoms with van der Waals surface area (Å²) in [4.78, 5) is 16.0. The van der Waals surface area contributed by atoms with Gasteiger partial charge in [-0.15, -0.1) is 0 Å². The van der Waals surface area contributed by atoms with E-state index in [-0.39, 0.29) is 11.9 Å². The lowest BCUT2D eigenvalue weighted by Crippen LogP contribution is -2.14. The summed E-state index contributed by atoms with van der Waals surface area (Å²) in [5.41, 5.74) is 1.81. The molecular formula is C12H12ClN3O2. The molecule has 5 nitrogen and oxygen atoms in total. The Kier molecular flexibility index (Phi) is 3.53. The molecule has 1 amide bonds. The summed E-state index contributed by atoms with van der Waals surface area (Å²) >= 11 is 5.88. The van der Waals surface area contributed by atoms with Gasteiger partial charge in [0.1, 0.15) is 6.26 Å². The molecule has 2 rings (SSSR count). The van der Waals surface area contributed by atoms with Crippen LogP contribution in [-0.4, -0.2) is 17.9 Å². The molecule has 0 saturated carbocycles. The van der Waals surface area contributed by atoms with Crippen molar-refractivity contribution in [3.8, 4) is 0 Å². The molecule has 0 spiro atoms. The number of carbonyl (C=O) groups excluding carboxylic acids is 1. The van der Waals surface area contributed by atoms with Crippen molar-refractivity contribution < 1.29 is 9.21 Å². The van der Waals surface area contributed by atoms with E-state index < -0.39 is 0 Å². The number of amides is 1. The molecule has 0 atom stereocenters. The van der Waals surface area contributed by atoms with E-state index in [1.165, 1.54) is 6.26 Å². The van der Waals surface area contributed by atoms with Gasteiger partial charge in [-0.25, -0.2) is 0 Å². The van der Waals surface area contributed by atoms with Crippen LogP contribution in [-0.2, 0) is 0 Å². The van der Waals surface area contributed by atoms with E-state index in [4.69, 9.17) is 16.0 Å². The minimum absolute atomic E-state index is 0.166. The predicted molar refractivity (Wildman–Crippen MR) is 70.2 cm³/mol. The molecular weight excluding hydrogens is 254 g/mol. The van der Waals surface area contributed by atoms with Crippen molar-refractivity contribution in [1.29, 1.82) is 0 Å². The zero-order valence-corrected chi connectivity index (χ0v) is 10.7. The van der Waals surface area contributed by atoms with Crippen LogP contribution in [0.25, 0.3) is 0 Å². The van der Waals surface area contributed by atoms with Crippen molar-refractivity contribution in [3.63, 3.8) is 0 Å². The Morgan fingerprint density at radius 1 is 1.44 bits per heavy atom. The maximum Gasteiger partial charge on any atom is 0.301 e. The second-order valence-corrected chi connectivity index (χ2v) is 4.12. The van der Waals surface area contributed by atoms with E-state index in [0.29, 0.717) is 22.0 Å². The number of benzene rings is 1. The fourth-order valence-electron chi connectivity index (χ4n) is 1.50. The summed E-state index contributed by atoms with van der Waals surface area (Å²) < 4.78 is 5.06. The minimum Gasteiger partial charge on any atom is -0.432 e. The monoisotopic (exact) mass is 265 g/mol. The Morgan fingerprint density at radius 2 is 2.22 bits per heavy atom. The van der Waals surface area contributed by atoms with E-state index in [1.807, 2.05) is 0 Å². The topological polar surface area (TPSA) is 67.2 Å². The Balaban J connectivity index is 2.25. The smallest absolute Gasteiger partial charge is 0.301 e. The first-order valence-electron chi connectivity index (χ1n) is 5.31. The van der Waals surface area contributed by atoms with Gasteiger partial charge in [0.25, 0.3) is 5.91 Å². The molecule has 6 heteroatoms. The lowest BCUT2D eigenvalue weighted by Gasteiger charge is -2.08. The number of aryl methyl sites for hydroxylation is 1. The molecule has 0 aliphatic heterocycles.